The number of carbonyl (C=O) groups is 3. The van der Waals surface area contributed by atoms with Crippen molar-refractivity contribution in [3.8, 4) is 0 Å². The summed E-state index contributed by atoms with van der Waals surface area (Å²) in [6.45, 7) is 11.6. The summed E-state index contributed by atoms with van der Waals surface area (Å²) in [4.78, 5) is 36.3. The average molecular weight is 461 g/mol. The van der Waals surface area contributed by atoms with Crippen LogP contribution in [0.4, 0.5) is 0 Å². The summed E-state index contributed by atoms with van der Waals surface area (Å²) >= 11 is 0. The predicted molar refractivity (Wildman–Crippen MR) is 125 cm³/mol. The highest BCUT2D eigenvalue weighted by Crippen LogP contribution is 2.45. The largest absolute Gasteiger partial charge is 0.462 e. The van der Waals surface area contributed by atoms with Crippen LogP contribution in [0.3, 0.4) is 0 Å². The van der Waals surface area contributed by atoms with Crippen LogP contribution in [0.15, 0.2) is 23.8 Å². The van der Waals surface area contributed by atoms with Crippen molar-refractivity contribution in [3.63, 3.8) is 0 Å². The molecule has 1 fully saturated rings. The first-order valence-electron chi connectivity index (χ1n) is 12.5. The molecule has 0 N–H and O–H groups in total. The molecule has 6 nitrogen and oxygen atoms in total. The average Bonchev–Trinajstić information content (AvgIpc) is 2.72. The molecule has 0 aromatic rings. The number of hydrogen-bond acceptors (Lipinski definition) is 6. The van der Waals surface area contributed by atoms with E-state index in [2.05, 4.69) is 32.1 Å². The van der Waals surface area contributed by atoms with Gasteiger partial charge in [-0.05, 0) is 62.9 Å². The first-order chi connectivity index (χ1) is 15.5. The third kappa shape index (κ3) is 6.27. The van der Waals surface area contributed by atoms with Crippen molar-refractivity contribution in [1.82, 2.24) is 0 Å². The van der Waals surface area contributed by atoms with Crippen molar-refractivity contribution in [1.29, 1.82) is 0 Å². The zero-order valence-corrected chi connectivity index (χ0v) is 21.0. The third-order valence-corrected chi connectivity index (χ3v) is 7.66. The summed E-state index contributed by atoms with van der Waals surface area (Å²) in [5.74, 6) is 0.283. The maximum absolute atomic E-state index is 12.9. The standard InChI is InChI=1S/C27H40O6/c1-7-27(5,6)26(30)33-23-13-16(2)12-19-9-8-17(3)22(25(19)23)11-10-20-14-21(31-18(4)28)15-24(29)32-20/h8-9,12,16-17,20-23,25H,7,10-11,13-15H2,1-6H3/t16-,17-,20+,21+,22?,23-,25?/m0/s1. The zero-order valence-electron chi connectivity index (χ0n) is 21.0. The van der Waals surface area contributed by atoms with Crippen LogP contribution >= 0.6 is 0 Å². The molecule has 3 rings (SSSR count). The minimum Gasteiger partial charge on any atom is -0.462 e. The number of fused-ring (bicyclic) bond motifs is 1. The Morgan fingerprint density at radius 3 is 2.55 bits per heavy atom. The van der Waals surface area contributed by atoms with E-state index in [1.165, 1.54) is 12.5 Å². The van der Waals surface area contributed by atoms with E-state index in [-0.39, 0.29) is 48.4 Å². The second kappa shape index (κ2) is 10.4. The first-order valence-corrected chi connectivity index (χ1v) is 12.5. The third-order valence-electron chi connectivity index (χ3n) is 7.66. The fourth-order valence-corrected chi connectivity index (χ4v) is 5.39. The van der Waals surface area contributed by atoms with E-state index in [1.54, 1.807) is 0 Å². The van der Waals surface area contributed by atoms with E-state index in [9.17, 15) is 14.4 Å². The van der Waals surface area contributed by atoms with Crippen molar-refractivity contribution in [3.05, 3.63) is 23.8 Å². The first kappa shape index (κ1) is 25.5. The lowest BCUT2D eigenvalue weighted by Crippen LogP contribution is -2.43. The Bertz CT molecular complexity index is 807. The highest BCUT2D eigenvalue weighted by molar-refractivity contribution is 5.76. The van der Waals surface area contributed by atoms with Gasteiger partial charge in [0.1, 0.15) is 18.3 Å². The van der Waals surface area contributed by atoms with Gasteiger partial charge in [-0.2, -0.15) is 0 Å². The van der Waals surface area contributed by atoms with Crippen LogP contribution in [0.5, 0.6) is 0 Å². The molecular weight excluding hydrogens is 420 g/mol. The van der Waals surface area contributed by atoms with Crippen LogP contribution in [0, 0.1) is 29.1 Å². The molecular formula is C27H40O6. The lowest BCUT2D eigenvalue weighted by Gasteiger charge is -2.44. The van der Waals surface area contributed by atoms with Crippen molar-refractivity contribution in [2.75, 3.05) is 0 Å². The van der Waals surface area contributed by atoms with Gasteiger partial charge >= 0.3 is 17.9 Å². The van der Waals surface area contributed by atoms with E-state index in [0.717, 1.165) is 19.3 Å². The topological polar surface area (TPSA) is 78.9 Å². The summed E-state index contributed by atoms with van der Waals surface area (Å²) in [5, 5.41) is 0. The van der Waals surface area contributed by atoms with Crippen LogP contribution in [-0.4, -0.2) is 36.2 Å². The molecule has 1 aliphatic heterocycles. The summed E-state index contributed by atoms with van der Waals surface area (Å²) in [7, 11) is 0. The number of carbonyl (C=O) groups excluding carboxylic acids is 3. The summed E-state index contributed by atoms with van der Waals surface area (Å²) in [5.41, 5.74) is 0.750. The van der Waals surface area contributed by atoms with Gasteiger partial charge in [0.05, 0.1) is 11.8 Å². The van der Waals surface area contributed by atoms with E-state index < -0.39 is 11.5 Å². The minimum absolute atomic E-state index is 0.122. The molecule has 0 radical (unpaired) electrons. The maximum Gasteiger partial charge on any atom is 0.311 e. The molecule has 0 saturated carbocycles. The Morgan fingerprint density at radius 1 is 1.15 bits per heavy atom. The maximum atomic E-state index is 12.9. The highest BCUT2D eigenvalue weighted by atomic mass is 16.6. The van der Waals surface area contributed by atoms with Gasteiger partial charge in [-0.15, -0.1) is 0 Å². The lowest BCUT2D eigenvalue weighted by atomic mass is 9.65. The molecule has 3 aliphatic rings. The number of esters is 3. The second-order valence-corrected chi connectivity index (χ2v) is 10.8. The SMILES string of the molecule is CCC(C)(C)C(=O)O[C@H]1C[C@@H](C)C=C2C=C[C@H](C)C(CC[C@@H]3C[C@@H](OC(C)=O)CC(=O)O3)C21. The molecule has 1 saturated heterocycles. The van der Waals surface area contributed by atoms with Crippen molar-refractivity contribution >= 4 is 17.9 Å². The number of hydrogen-bond donors (Lipinski definition) is 0. The predicted octanol–water partition coefficient (Wildman–Crippen LogP) is 5.16. The fraction of sp³-hybridized carbons (Fsp3) is 0.741. The van der Waals surface area contributed by atoms with E-state index >= 15 is 0 Å². The quantitative estimate of drug-likeness (QED) is 0.386. The number of rotatable bonds is 7. The second-order valence-electron chi connectivity index (χ2n) is 10.8. The Kier molecular flexibility index (Phi) is 8.07. The van der Waals surface area contributed by atoms with Gasteiger partial charge in [0, 0.05) is 19.3 Å². The Balaban J connectivity index is 1.74. The normalized spacial score (nSPS) is 34.1. The molecule has 1 heterocycles. The van der Waals surface area contributed by atoms with E-state index in [4.69, 9.17) is 14.2 Å². The van der Waals surface area contributed by atoms with Crippen LogP contribution < -0.4 is 0 Å². The molecule has 0 aromatic carbocycles. The van der Waals surface area contributed by atoms with Crippen molar-refractivity contribution in [2.24, 2.45) is 29.1 Å². The van der Waals surface area contributed by atoms with Crippen LogP contribution in [0.2, 0.25) is 0 Å². The van der Waals surface area contributed by atoms with Gasteiger partial charge < -0.3 is 14.2 Å². The zero-order chi connectivity index (χ0) is 24.3. The van der Waals surface area contributed by atoms with Gasteiger partial charge in [0.25, 0.3) is 0 Å². The molecule has 0 amide bonds. The van der Waals surface area contributed by atoms with Crippen LogP contribution in [0.25, 0.3) is 0 Å². The van der Waals surface area contributed by atoms with Crippen molar-refractivity contribution < 1.29 is 28.6 Å². The molecule has 2 unspecified atom stereocenters. The van der Waals surface area contributed by atoms with Gasteiger partial charge in [-0.1, -0.05) is 39.0 Å². The smallest absolute Gasteiger partial charge is 0.311 e. The molecule has 0 aromatic heterocycles. The van der Waals surface area contributed by atoms with Crippen LogP contribution in [0.1, 0.15) is 80.1 Å². The lowest BCUT2D eigenvalue weighted by molar-refractivity contribution is -0.170. The number of cyclic esters (lactones) is 1. The van der Waals surface area contributed by atoms with Gasteiger partial charge in [0.15, 0.2) is 0 Å². The van der Waals surface area contributed by atoms with Gasteiger partial charge in [0.2, 0.25) is 0 Å². The Morgan fingerprint density at radius 2 is 1.88 bits per heavy atom. The van der Waals surface area contributed by atoms with E-state index in [1.807, 2.05) is 20.8 Å². The highest BCUT2D eigenvalue weighted by Gasteiger charge is 2.43. The molecule has 7 atom stereocenters. The summed E-state index contributed by atoms with van der Waals surface area (Å²) in [6.07, 6.45) is 9.70. The van der Waals surface area contributed by atoms with Crippen LogP contribution in [-0.2, 0) is 28.6 Å². The molecule has 0 bridgehead atoms. The summed E-state index contributed by atoms with van der Waals surface area (Å²) < 4.78 is 17.0. The van der Waals surface area contributed by atoms with Gasteiger partial charge in [-0.3, -0.25) is 14.4 Å². The molecule has 2 aliphatic carbocycles. The minimum atomic E-state index is -0.502. The fourth-order valence-electron chi connectivity index (χ4n) is 5.39. The molecule has 0 spiro atoms. The Hall–Kier alpha value is -2.11. The number of ether oxygens (including phenoxy) is 3. The molecule has 6 heteroatoms. The van der Waals surface area contributed by atoms with Gasteiger partial charge in [-0.25, -0.2) is 0 Å². The molecule has 184 valence electrons. The van der Waals surface area contributed by atoms with E-state index in [0.29, 0.717) is 24.7 Å². The monoisotopic (exact) mass is 460 g/mol. The number of allylic oxidation sites excluding steroid dienone is 3. The Labute approximate surface area is 198 Å². The van der Waals surface area contributed by atoms with Crippen molar-refractivity contribution in [2.45, 2.75) is 98.4 Å². The molecule has 33 heavy (non-hydrogen) atoms. The summed E-state index contributed by atoms with van der Waals surface area (Å²) in [6, 6.07) is 0.